The maximum absolute atomic E-state index is 14.5. The molecule has 0 spiro atoms. The number of esters is 1. The molecule has 1 heterocycles. The van der Waals surface area contributed by atoms with Gasteiger partial charge in [0.05, 0.1) is 103 Å². The van der Waals surface area contributed by atoms with Crippen LogP contribution < -0.4 is 35.3 Å². The first-order valence-corrected chi connectivity index (χ1v) is 39.9. The van der Waals surface area contributed by atoms with Gasteiger partial charge in [0.2, 0.25) is 38.8 Å². The molecule has 3 saturated carbocycles. The number of benzene rings is 3. The highest BCUT2D eigenvalue weighted by Crippen LogP contribution is 2.66. The van der Waals surface area contributed by atoms with Crippen molar-refractivity contribution in [3.8, 4) is 5.75 Å². The number of amides is 4. The number of para-hydroxylation sites is 2. The fraction of sp³-hybridized carbons (Fsp3) is 0.611. The van der Waals surface area contributed by atoms with E-state index in [2.05, 4.69) is 39.8 Å². The van der Waals surface area contributed by atoms with Crippen molar-refractivity contribution in [1.82, 2.24) is 26.0 Å². The highest BCUT2D eigenvalue weighted by molar-refractivity contribution is 7.89. The number of nitrogens with one attached hydrogen (secondary N) is 5. The van der Waals surface area contributed by atoms with Crippen LogP contribution in [-0.2, 0) is 60.8 Å². The molecule has 0 bridgehead atoms. The molecule has 8 rings (SSSR count). The Bertz CT molecular complexity index is 3970. The Kier molecular flexibility index (Phi) is 26.4. The van der Waals surface area contributed by atoms with Crippen molar-refractivity contribution in [3.05, 3.63) is 94.6 Å². The zero-order chi connectivity index (χ0) is 72.1. The average molecular weight is 1430 g/mol. The van der Waals surface area contributed by atoms with E-state index in [0.29, 0.717) is 167 Å². The lowest BCUT2D eigenvalue weighted by Crippen LogP contribution is -2.53. The second-order valence-electron chi connectivity index (χ2n) is 29.5. The zero-order valence-electron chi connectivity index (χ0n) is 58.7. The third-order valence-corrected chi connectivity index (χ3v) is 24.7. The van der Waals surface area contributed by atoms with Gasteiger partial charge in [0, 0.05) is 125 Å². The first-order valence-electron chi connectivity index (χ1n) is 35.1. The number of aromatic nitrogens is 1. The molecule has 4 aliphatic rings. The maximum atomic E-state index is 14.5. The lowest BCUT2D eigenvalue weighted by Gasteiger charge is -2.59. The van der Waals surface area contributed by atoms with Crippen LogP contribution in [0.2, 0.25) is 0 Å². The normalized spacial score (nSPS) is 21.6. The Balaban J connectivity index is 0.750. The lowest BCUT2D eigenvalue weighted by molar-refractivity contribution is -0.909. The van der Waals surface area contributed by atoms with Gasteiger partial charge in [-0.1, -0.05) is 43.7 Å². The number of aryl methyl sites for hydroxylation is 3. The molecular formula is C72H103N8O16S3+. The van der Waals surface area contributed by atoms with Crippen molar-refractivity contribution >= 4 is 93.2 Å². The Labute approximate surface area is 584 Å². The number of likely N-dealkylation sites (N-methyl/N-ethyl adjacent to an activating group) is 1. The van der Waals surface area contributed by atoms with Crippen LogP contribution in [0.15, 0.2) is 72.3 Å². The number of allylic oxidation sites excluding steroid dienone is 1. The molecule has 0 radical (unpaired) electrons. The van der Waals surface area contributed by atoms with Gasteiger partial charge in [0.1, 0.15) is 11.5 Å². The monoisotopic (exact) mass is 1430 g/mol. The SMILES string of the molecule is Cc1cc(C(=O)NCCC[N+](C)(CCCNC(=O)CCCC(=O)NCCNC(=O)CCC2CC3=CC(=O)CC[C@]3(C)C3CC[C@]4(C)C(=O)CCC4C23)CCCS(=O)(=O)[O-])cc(C)c1OC(=O)c1c2ccccc2[n+](CCCS(=O)(=O)NCC[N+](C)(C)CCCS(=O)(=O)[O-])c2ccccc12. The van der Waals surface area contributed by atoms with E-state index in [4.69, 9.17) is 4.74 Å². The lowest BCUT2D eigenvalue weighted by atomic mass is 9.44. The van der Waals surface area contributed by atoms with E-state index in [1.807, 2.05) is 68.2 Å². The predicted molar refractivity (Wildman–Crippen MR) is 374 cm³/mol. The van der Waals surface area contributed by atoms with E-state index in [9.17, 15) is 67.9 Å². The largest absolute Gasteiger partial charge is 0.748 e. The van der Waals surface area contributed by atoms with Crippen molar-refractivity contribution in [3.63, 3.8) is 0 Å². The first kappa shape index (κ1) is 78.1. The van der Waals surface area contributed by atoms with E-state index in [1.165, 1.54) is 5.57 Å². The number of rotatable bonds is 37. The van der Waals surface area contributed by atoms with E-state index < -0.39 is 47.7 Å². The number of carbonyl (C=O) groups excluding carboxylic acids is 7. The number of ketones is 2. The number of hydrogen-bond donors (Lipinski definition) is 5. The quantitative estimate of drug-likeness (QED) is 0.00662. The minimum Gasteiger partial charge on any atom is -0.748 e. The molecule has 0 aliphatic heterocycles. The van der Waals surface area contributed by atoms with Crippen molar-refractivity contribution in [2.45, 2.75) is 143 Å². The highest BCUT2D eigenvalue weighted by Gasteiger charge is 2.61. The van der Waals surface area contributed by atoms with E-state index in [0.717, 1.165) is 32.1 Å². The fourth-order valence-corrected chi connectivity index (χ4v) is 18.3. The van der Waals surface area contributed by atoms with Crippen molar-refractivity contribution < 1.29 is 86.2 Å². The summed E-state index contributed by atoms with van der Waals surface area (Å²) in [6.07, 6.45) is 10.5. The summed E-state index contributed by atoms with van der Waals surface area (Å²) < 4.78 is 106. The number of carbonyl (C=O) groups is 7. The molecule has 4 aliphatic carbocycles. The van der Waals surface area contributed by atoms with Crippen LogP contribution in [0.3, 0.4) is 0 Å². The van der Waals surface area contributed by atoms with Gasteiger partial charge < -0.3 is 44.1 Å². The number of ether oxygens (including phenoxy) is 1. The van der Waals surface area contributed by atoms with Crippen molar-refractivity contribution in [2.75, 3.05) is 104 Å². The smallest absolute Gasteiger partial charge is 0.345 e. The van der Waals surface area contributed by atoms with E-state index in [-0.39, 0.29) is 116 Å². The van der Waals surface area contributed by atoms with Gasteiger partial charge in [-0.3, -0.25) is 28.8 Å². The summed E-state index contributed by atoms with van der Waals surface area (Å²) in [5.41, 5.74) is 3.94. The number of sulfonamides is 1. The third kappa shape index (κ3) is 21.3. The molecule has 99 heavy (non-hydrogen) atoms. The molecule has 5 unspecified atom stereocenters. The fourth-order valence-electron chi connectivity index (χ4n) is 16.3. The van der Waals surface area contributed by atoms with Crippen LogP contribution >= 0.6 is 0 Å². The number of Topliss-reactive ketones (excluding diaryl/α,β-unsaturated/α-hetero) is 1. The standard InChI is InChI=1S/C72H102N8O16S3/c1-50-46-53(47-51(2)68(50)96-70(87)67-56-18-8-10-20-60(56)78(61-21-11-9-19-57(61)67)37-15-43-97(88,89)77-36-42-79(5,6)38-16-44-98(90,91)92)69(86)76-33-14-40-80(7,41-17-45-99(93,94)95)39-13-32-73-63(83)22-12-23-64(84)74-34-35-75-65(85)27-24-52-48-54-49-55(81)28-30-71(54,3)59-29-31-72(4)58(66(52)59)25-26-62(72)82/h8-11,18-21,46-47,49,52,58-59,66,77H,12-17,22-45,48H2,1-7H3,(H3-3,73,74,75,76,83,84,85,86,90,91,92,93,94,95)/p+1/t52?,58?,59?,66?,71-,72-,80?/m0/s1. The average Bonchev–Trinajstić information content (AvgIpc) is 1.60. The van der Waals surface area contributed by atoms with Crippen LogP contribution in [0, 0.1) is 48.3 Å². The van der Waals surface area contributed by atoms with Crippen molar-refractivity contribution in [1.29, 1.82) is 0 Å². The Morgan fingerprint density at radius 3 is 1.77 bits per heavy atom. The number of fused-ring (bicyclic) bond motifs is 7. The molecule has 544 valence electrons. The second-order valence-corrected chi connectivity index (χ2v) is 34.5. The molecule has 5 N–H and O–H groups in total. The van der Waals surface area contributed by atoms with Gasteiger partial charge >= 0.3 is 5.97 Å². The van der Waals surface area contributed by atoms with Gasteiger partial charge in [-0.25, -0.2) is 34.8 Å². The molecule has 3 aromatic carbocycles. The number of quaternary nitrogens is 2. The van der Waals surface area contributed by atoms with Crippen LogP contribution in [0.5, 0.6) is 5.75 Å². The number of nitrogens with zero attached hydrogens (tertiary/aromatic N) is 3. The maximum Gasteiger partial charge on any atom is 0.345 e. The molecule has 7 atom stereocenters. The van der Waals surface area contributed by atoms with Crippen LogP contribution in [0.25, 0.3) is 21.8 Å². The van der Waals surface area contributed by atoms with Gasteiger partial charge in [0.15, 0.2) is 12.3 Å². The molecule has 24 nitrogen and oxygen atoms in total. The minimum absolute atomic E-state index is 0.0467. The highest BCUT2D eigenvalue weighted by atomic mass is 32.2. The van der Waals surface area contributed by atoms with E-state index in [1.54, 1.807) is 38.1 Å². The molecule has 4 amide bonds. The van der Waals surface area contributed by atoms with Crippen molar-refractivity contribution in [2.24, 2.45) is 34.5 Å². The summed E-state index contributed by atoms with van der Waals surface area (Å²) in [6.45, 7) is 11.6. The molecule has 3 fully saturated rings. The first-order chi connectivity index (χ1) is 46.6. The van der Waals surface area contributed by atoms with Gasteiger partial charge in [-0.15, -0.1) is 0 Å². The Morgan fingerprint density at radius 2 is 1.16 bits per heavy atom. The molecule has 27 heteroatoms. The molecular weight excluding hydrogens is 1330 g/mol. The topological polar surface area (TPSA) is 341 Å². The zero-order valence-corrected chi connectivity index (χ0v) is 61.1. The summed E-state index contributed by atoms with van der Waals surface area (Å²) >= 11 is 0. The Hall–Kier alpha value is -6.59. The summed E-state index contributed by atoms with van der Waals surface area (Å²) in [5.74, 6) is -0.716. The number of pyridine rings is 1. The Morgan fingerprint density at radius 1 is 0.616 bits per heavy atom. The summed E-state index contributed by atoms with van der Waals surface area (Å²) in [6, 6.07) is 17.9. The number of hydrogen-bond acceptors (Lipinski definition) is 16. The van der Waals surface area contributed by atoms with Gasteiger partial charge in [-0.05, 0) is 129 Å². The molecule has 0 saturated heterocycles. The van der Waals surface area contributed by atoms with Gasteiger partial charge in [0.25, 0.3) is 5.91 Å². The summed E-state index contributed by atoms with van der Waals surface area (Å²) in [4.78, 5) is 92.6. The van der Waals surface area contributed by atoms with Gasteiger partial charge in [-0.2, -0.15) is 4.57 Å². The summed E-state index contributed by atoms with van der Waals surface area (Å²) in [5, 5.41) is 12.8. The third-order valence-electron chi connectivity index (χ3n) is 21.7. The van der Waals surface area contributed by atoms with Crippen LogP contribution in [-0.4, -0.2) is 188 Å². The van der Waals surface area contributed by atoms with E-state index >= 15 is 0 Å². The second kappa shape index (κ2) is 33.5. The summed E-state index contributed by atoms with van der Waals surface area (Å²) in [7, 11) is -6.90. The minimum atomic E-state index is -4.46. The predicted octanol–water partition coefficient (Wildman–Crippen LogP) is 5.96. The molecule has 1 aromatic heterocycles. The molecule has 4 aromatic rings. The van der Waals surface area contributed by atoms with Crippen LogP contribution in [0.4, 0.5) is 0 Å². The van der Waals surface area contributed by atoms with Crippen LogP contribution in [0.1, 0.15) is 155 Å².